The molecular formula is C18H17FN2O3. The van der Waals surface area contributed by atoms with Gasteiger partial charge in [-0.2, -0.15) is 0 Å². The maximum absolute atomic E-state index is 13.1. The normalized spacial score (nSPS) is 10.8. The predicted molar refractivity (Wildman–Crippen MR) is 91.4 cm³/mol. The summed E-state index contributed by atoms with van der Waals surface area (Å²) in [6, 6.07) is 7.11. The molecule has 6 heteroatoms. The van der Waals surface area contributed by atoms with E-state index in [1.807, 2.05) is 32.9 Å². The molecule has 2 aromatic rings. The highest BCUT2D eigenvalue weighted by Gasteiger charge is 2.13. The van der Waals surface area contributed by atoms with Gasteiger partial charge in [-0.15, -0.1) is 0 Å². The molecule has 0 aliphatic carbocycles. The maximum Gasteiger partial charge on any atom is 0.279 e. The number of carbonyl (C=O) groups is 1. The number of aryl methyl sites for hydroxylation is 3. The van der Waals surface area contributed by atoms with Crippen LogP contribution in [0.5, 0.6) is 0 Å². The molecule has 24 heavy (non-hydrogen) atoms. The second-order valence-electron chi connectivity index (χ2n) is 5.56. The molecule has 0 unspecified atom stereocenters. The molecule has 0 aromatic heterocycles. The van der Waals surface area contributed by atoms with Crippen LogP contribution in [0.25, 0.3) is 6.08 Å². The molecule has 0 spiro atoms. The molecule has 0 radical (unpaired) electrons. The van der Waals surface area contributed by atoms with Gasteiger partial charge in [-0.05, 0) is 50.1 Å². The zero-order valence-corrected chi connectivity index (χ0v) is 13.6. The van der Waals surface area contributed by atoms with E-state index in [1.165, 1.54) is 18.2 Å². The van der Waals surface area contributed by atoms with Crippen molar-refractivity contribution in [2.45, 2.75) is 20.8 Å². The molecule has 0 heterocycles. The molecule has 0 fully saturated rings. The van der Waals surface area contributed by atoms with Crippen LogP contribution >= 0.6 is 0 Å². The number of amides is 1. The van der Waals surface area contributed by atoms with Gasteiger partial charge in [0.15, 0.2) is 0 Å². The summed E-state index contributed by atoms with van der Waals surface area (Å²) in [6.45, 7) is 5.76. The molecule has 0 saturated heterocycles. The Morgan fingerprint density at radius 1 is 1.17 bits per heavy atom. The fraction of sp³-hybridized carbons (Fsp3) is 0.167. The van der Waals surface area contributed by atoms with E-state index in [9.17, 15) is 19.3 Å². The SMILES string of the molecule is Cc1cc(C)c(NC(=O)C=Cc2ccc(F)cc2[N+](=O)[O-])c(C)c1. The number of anilines is 1. The summed E-state index contributed by atoms with van der Waals surface area (Å²) in [5, 5.41) is 13.7. The molecule has 0 aliphatic rings. The number of benzene rings is 2. The lowest BCUT2D eigenvalue weighted by atomic mass is 10.1. The highest BCUT2D eigenvalue weighted by atomic mass is 19.1. The monoisotopic (exact) mass is 328 g/mol. The van der Waals surface area contributed by atoms with Gasteiger partial charge in [0.2, 0.25) is 5.91 Å². The van der Waals surface area contributed by atoms with Crippen LogP contribution in [0.15, 0.2) is 36.4 Å². The smallest absolute Gasteiger partial charge is 0.279 e. The van der Waals surface area contributed by atoms with E-state index in [0.717, 1.165) is 28.8 Å². The zero-order chi connectivity index (χ0) is 17.9. The molecule has 2 aromatic carbocycles. The van der Waals surface area contributed by atoms with Crippen LogP contribution in [0.2, 0.25) is 0 Å². The summed E-state index contributed by atoms with van der Waals surface area (Å²) in [6.07, 6.45) is 2.49. The number of nitro benzene ring substituents is 1. The van der Waals surface area contributed by atoms with Crippen molar-refractivity contribution < 1.29 is 14.1 Å². The van der Waals surface area contributed by atoms with Crippen molar-refractivity contribution in [1.29, 1.82) is 0 Å². The number of hydrogen-bond donors (Lipinski definition) is 1. The van der Waals surface area contributed by atoms with Crippen LogP contribution < -0.4 is 5.32 Å². The highest BCUT2D eigenvalue weighted by molar-refractivity contribution is 6.03. The van der Waals surface area contributed by atoms with Gasteiger partial charge in [-0.1, -0.05) is 17.7 Å². The maximum atomic E-state index is 13.1. The van der Waals surface area contributed by atoms with Gasteiger partial charge < -0.3 is 5.32 Å². The predicted octanol–water partition coefficient (Wildman–Crippen LogP) is 4.31. The number of rotatable bonds is 4. The minimum atomic E-state index is -0.700. The van der Waals surface area contributed by atoms with Crippen LogP contribution in [0.1, 0.15) is 22.3 Å². The van der Waals surface area contributed by atoms with E-state index in [4.69, 9.17) is 0 Å². The number of nitrogens with one attached hydrogen (secondary N) is 1. The van der Waals surface area contributed by atoms with E-state index in [1.54, 1.807) is 0 Å². The van der Waals surface area contributed by atoms with E-state index >= 15 is 0 Å². The number of nitro groups is 1. The molecular weight excluding hydrogens is 311 g/mol. The van der Waals surface area contributed by atoms with Gasteiger partial charge in [-0.25, -0.2) is 4.39 Å². The first-order valence-corrected chi connectivity index (χ1v) is 7.29. The molecule has 2 rings (SSSR count). The van der Waals surface area contributed by atoms with Crippen molar-refractivity contribution in [3.05, 3.63) is 74.6 Å². The van der Waals surface area contributed by atoms with Gasteiger partial charge in [0.05, 0.1) is 16.6 Å². The summed E-state index contributed by atoms with van der Waals surface area (Å²) in [5.74, 6) is -1.11. The number of nitrogens with zero attached hydrogens (tertiary/aromatic N) is 1. The van der Waals surface area contributed by atoms with Crippen molar-refractivity contribution in [2.24, 2.45) is 0 Å². The molecule has 5 nitrogen and oxygen atoms in total. The third-order valence-corrected chi connectivity index (χ3v) is 3.53. The summed E-state index contributed by atoms with van der Waals surface area (Å²) in [7, 11) is 0. The van der Waals surface area contributed by atoms with E-state index in [-0.39, 0.29) is 11.3 Å². The Labute approximate surface area is 139 Å². The lowest BCUT2D eigenvalue weighted by molar-refractivity contribution is -0.385. The first kappa shape index (κ1) is 17.3. The van der Waals surface area contributed by atoms with Crippen LogP contribution in [0, 0.1) is 36.7 Å². The zero-order valence-electron chi connectivity index (χ0n) is 13.6. The quantitative estimate of drug-likeness (QED) is 0.516. The Balaban J connectivity index is 2.22. The minimum absolute atomic E-state index is 0.161. The largest absolute Gasteiger partial charge is 0.322 e. The second kappa shape index (κ2) is 7.04. The Morgan fingerprint density at radius 2 is 1.79 bits per heavy atom. The van der Waals surface area contributed by atoms with Gasteiger partial charge in [-0.3, -0.25) is 14.9 Å². The van der Waals surface area contributed by atoms with Crippen molar-refractivity contribution in [3.63, 3.8) is 0 Å². The number of halogens is 1. The molecule has 0 atom stereocenters. The number of hydrogen-bond acceptors (Lipinski definition) is 3. The molecule has 0 aliphatic heterocycles. The van der Waals surface area contributed by atoms with Crippen LogP contribution in [-0.2, 0) is 4.79 Å². The van der Waals surface area contributed by atoms with Gasteiger partial charge >= 0.3 is 0 Å². The third-order valence-electron chi connectivity index (χ3n) is 3.53. The Hall–Kier alpha value is -3.02. The fourth-order valence-corrected chi connectivity index (χ4v) is 2.52. The van der Waals surface area contributed by atoms with Gasteiger partial charge in [0.25, 0.3) is 5.69 Å². The molecule has 0 bridgehead atoms. The first-order valence-electron chi connectivity index (χ1n) is 7.29. The molecule has 0 saturated carbocycles. The summed E-state index contributed by atoms with van der Waals surface area (Å²) in [4.78, 5) is 22.3. The molecule has 1 amide bonds. The van der Waals surface area contributed by atoms with Crippen molar-refractivity contribution in [3.8, 4) is 0 Å². The van der Waals surface area contributed by atoms with E-state index in [2.05, 4.69) is 5.32 Å². The third kappa shape index (κ3) is 4.04. The van der Waals surface area contributed by atoms with Gasteiger partial charge in [0.1, 0.15) is 5.82 Å². The second-order valence-corrected chi connectivity index (χ2v) is 5.56. The lowest BCUT2D eigenvalue weighted by Crippen LogP contribution is -2.10. The standard InChI is InChI=1S/C18H17FN2O3/c1-11-8-12(2)18(13(3)9-11)20-17(22)7-5-14-4-6-15(19)10-16(14)21(23)24/h4-10H,1-3H3,(H,20,22). The lowest BCUT2D eigenvalue weighted by Gasteiger charge is -2.11. The Bertz CT molecular complexity index is 821. The van der Waals surface area contributed by atoms with Crippen LogP contribution in [-0.4, -0.2) is 10.8 Å². The summed E-state index contributed by atoms with van der Waals surface area (Å²) in [5.41, 5.74) is 3.45. The van der Waals surface area contributed by atoms with Crippen molar-refractivity contribution in [1.82, 2.24) is 0 Å². The average molecular weight is 328 g/mol. The van der Waals surface area contributed by atoms with Crippen LogP contribution in [0.3, 0.4) is 0 Å². The number of carbonyl (C=O) groups excluding carboxylic acids is 1. The average Bonchev–Trinajstić information content (AvgIpc) is 2.49. The Morgan fingerprint density at radius 3 is 2.38 bits per heavy atom. The van der Waals surface area contributed by atoms with E-state index in [0.29, 0.717) is 5.69 Å². The van der Waals surface area contributed by atoms with Crippen molar-refractivity contribution in [2.75, 3.05) is 5.32 Å². The minimum Gasteiger partial charge on any atom is -0.322 e. The van der Waals surface area contributed by atoms with Crippen LogP contribution in [0.4, 0.5) is 15.8 Å². The Kier molecular flexibility index (Phi) is 5.08. The van der Waals surface area contributed by atoms with Crippen molar-refractivity contribution >= 4 is 23.4 Å². The fourth-order valence-electron chi connectivity index (χ4n) is 2.52. The first-order chi connectivity index (χ1) is 11.3. The highest BCUT2D eigenvalue weighted by Crippen LogP contribution is 2.23. The molecule has 124 valence electrons. The molecule has 1 N–H and O–H groups in total. The summed E-state index contributed by atoms with van der Waals surface area (Å²) < 4.78 is 13.1. The van der Waals surface area contributed by atoms with Gasteiger partial charge in [0, 0.05) is 11.8 Å². The topological polar surface area (TPSA) is 72.2 Å². The van der Waals surface area contributed by atoms with E-state index < -0.39 is 16.6 Å². The summed E-state index contributed by atoms with van der Waals surface area (Å²) >= 11 is 0.